The van der Waals surface area contributed by atoms with Crippen LogP contribution in [0.15, 0.2) is 24.3 Å². The molecule has 0 spiro atoms. The monoisotopic (exact) mass is 260 g/mol. The molecule has 0 bridgehead atoms. The number of ether oxygens (including phenoxy) is 1. The van der Waals surface area contributed by atoms with E-state index in [1.54, 1.807) is 0 Å². The first-order valence-corrected chi connectivity index (χ1v) is 7.52. The molecule has 2 atom stereocenters. The van der Waals surface area contributed by atoms with Gasteiger partial charge in [0.05, 0.1) is 6.61 Å². The van der Waals surface area contributed by atoms with Crippen molar-refractivity contribution in [3.8, 4) is 5.75 Å². The molecule has 3 nitrogen and oxygen atoms in total. The fourth-order valence-electron chi connectivity index (χ4n) is 3.19. The number of benzene rings is 1. The summed E-state index contributed by atoms with van der Waals surface area (Å²) in [5.41, 5.74) is 1.32. The van der Waals surface area contributed by atoms with Gasteiger partial charge in [0.2, 0.25) is 0 Å². The smallest absolute Gasteiger partial charge is 0.124 e. The van der Waals surface area contributed by atoms with Crippen LogP contribution in [0.5, 0.6) is 5.75 Å². The number of nitrogens with one attached hydrogen (secondary N) is 1. The van der Waals surface area contributed by atoms with Crippen LogP contribution < -0.4 is 10.1 Å². The third-order valence-electron chi connectivity index (χ3n) is 4.32. The lowest BCUT2D eigenvalue weighted by atomic mass is 9.92. The van der Waals surface area contributed by atoms with Crippen molar-refractivity contribution in [2.45, 2.75) is 25.8 Å². The maximum Gasteiger partial charge on any atom is 0.124 e. The number of likely N-dealkylation sites (tertiary alicyclic amines) is 1. The Kier molecular flexibility index (Phi) is 4.04. The zero-order chi connectivity index (χ0) is 13.1. The summed E-state index contributed by atoms with van der Waals surface area (Å²) in [6, 6.07) is 8.87. The Morgan fingerprint density at radius 2 is 2.05 bits per heavy atom. The van der Waals surface area contributed by atoms with Gasteiger partial charge in [-0.1, -0.05) is 25.1 Å². The van der Waals surface area contributed by atoms with E-state index in [1.165, 1.54) is 38.0 Å². The maximum absolute atomic E-state index is 5.80. The molecule has 2 unspecified atom stereocenters. The average molecular weight is 260 g/mol. The van der Waals surface area contributed by atoms with E-state index in [1.807, 2.05) is 0 Å². The largest absolute Gasteiger partial charge is 0.493 e. The first-order valence-electron chi connectivity index (χ1n) is 7.52. The van der Waals surface area contributed by atoms with Gasteiger partial charge in [-0.25, -0.2) is 0 Å². The fraction of sp³-hybridized carbons (Fsp3) is 0.625. The predicted molar refractivity (Wildman–Crippen MR) is 77.5 cm³/mol. The molecule has 1 aromatic carbocycles. The van der Waals surface area contributed by atoms with E-state index in [4.69, 9.17) is 4.74 Å². The molecule has 2 aliphatic heterocycles. The van der Waals surface area contributed by atoms with Crippen molar-refractivity contribution in [3.05, 3.63) is 29.8 Å². The summed E-state index contributed by atoms with van der Waals surface area (Å²) in [6.07, 6.45) is 2.74. The number of hydrogen-bond donors (Lipinski definition) is 1. The normalized spacial score (nSPS) is 27.0. The number of nitrogens with zero attached hydrogens (tertiary/aromatic N) is 1. The highest BCUT2D eigenvalue weighted by Gasteiger charge is 2.27. The van der Waals surface area contributed by atoms with Crippen LogP contribution in [0.4, 0.5) is 0 Å². The van der Waals surface area contributed by atoms with E-state index < -0.39 is 0 Å². The van der Waals surface area contributed by atoms with Gasteiger partial charge in [0.15, 0.2) is 0 Å². The second-order valence-corrected chi connectivity index (χ2v) is 5.81. The third kappa shape index (κ3) is 2.93. The first-order chi connectivity index (χ1) is 9.34. The van der Waals surface area contributed by atoms with Gasteiger partial charge in [-0.2, -0.15) is 0 Å². The highest BCUT2D eigenvalue weighted by Crippen LogP contribution is 2.34. The van der Waals surface area contributed by atoms with Gasteiger partial charge in [-0.15, -0.1) is 0 Å². The minimum atomic E-state index is 0.438. The average Bonchev–Trinajstić information content (AvgIpc) is 2.94. The van der Waals surface area contributed by atoms with Gasteiger partial charge in [0.1, 0.15) is 5.75 Å². The van der Waals surface area contributed by atoms with Crippen LogP contribution in [0.3, 0.4) is 0 Å². The number of hydrogen-bond acceptors (Lipinski definition) is 3. The molecule has 0 radical (unpaired) electrons. The van der Waals surface area contributed by atoms with E-state index in [0.717, 1.165) is 18.9 Å². The molecule has 0 aromatic heterocycles. The summed E-state index contributed by atoms with van der Waals surface area (Å²) in [6.45, 7) is 7.89. The number of para-hydroxylation sites is 1. The molecule has 1 N–H and O–H groups in total. The Labute approximate surface area is 115 Å². The second kappa shape index (κ2) is 5.93. The highest BCUT2D eigenvalue weighted by atomic mass is 16.5. The summed E-state index contributed by atoms with van der Waals surface area (Å²) in [5.74, 6) is 1.59. The van der Waals surface area contributed by atoms with Crippen LogP contribution in [-0.2, 0) is 0 Å². The maximum atomic E-state index is 5.80. The van der Waals surface area contributed by atoms with E-state index >= 15 is 0 Å². The van der Waals surface area contributed by atoms with Crippen molar-refractivity contribution in [2.75, 3.05) is 32.8 Å². The Morgan fingerprint density at radius 3 is 2.89 bits per heavy atom. The summed E-state index contributed by atoms with van der Waals surface area (Å²) in [4.78, 5) is 2.56. The van der Waals surface area contributed by atoms with Gasteiger partial charge in [0, 0.05) is 30.6 Å². The quantitative estimate of drug-likeness (QED) is 0.900. The molecular formula is C16H24N2O. The van der Waals surface area contributed by atoms with E-state index in [2.05, 4.69) is 41.4 Å². The minimum Gasteiger partial charge on any atom is -0.493 e. The van der Waals surface area contributed by atoms with Crippen molar-refractivity contribution in [1.82, 2.24) is 10.2 Å². The van der Waals surface area contributed by atoms with Gasteiger partial charge < -0.3 is 15.0 Å². The Bertz CT molecular complexity index is 415. The predicted octanol–water partition coefficient (Wildman–Crippen LogP) is 2.44. The Morgan fingerprint density at radius 1 is 1.26 bits per heavy atom. The van der Waals surface area contributed by atoms with Crippen LogP contribution >= 0.6 is 0 Å². The third-order valence-corrected chi connectivity index (χ3v) is 4.32. The van der Waals surface area contributed by atoms with Gasteiger partial charge in [0.25, 0.3) is 0 Å². The van der Waals surface area contributed by atoms with Crippen molar-refractivity contribution in [2.24, 2.45) is 5.92 Å². The van der Waals surface area contributed by atoms with Crippen LogP contribution in [0.1, 0.15) is 31.4 Å². The fourth-order valence-corrected chi connectivity index (χ4v) is 3.19. The second-order valence-electron chi connectivity index (χ2n) is 5.81. The Balaban J connectivity index is 1.59. The molecule has 1 saturated heterocycles. The summed E-state index contributed by atoms with van der Waals surface area (Å²) < 4.78 is 5.80. The Hall–Kier alpha value is -1.06. The topological polar surface area (TPSA) is 24.5 Å². The number of fused-ring (bicyclic) bond motifs is 1. The lowest BCUT2D eigenvalue weighted by Crippen LogP contribution is -2.38. The van der Waals surface area contributed by atoms with E-state index in [0.29, 0.717) is 12.0 Å². The minimum absolute atomic E-state index is 0.438. The molecular weight excluding hydrogens is 236 g/mol. The lowest BCUT2D eigenvalue weighted by molar-refractivity contribution is 0.185. The van der Waals surface area contributed by atoms with Crippen LogP contribution in [0.2, 0.25) is 0 Å². The summed E-state index contributed by atoms with van der Waals surface area (Å²) in [5, 5.41) is 3.73. The summed E-state index contributed by atoms with van der Waals surface area (Å²) in [7, 11) is 0. The summed E-state index contributed by atoms with van der Waals surface area (Å²) >= 11 is 0. The molecule has 104 valence electrons. The molecule has 19 heavy (non-hydrogen) atoms. The van der Waals surface area contributed by atoms with Crippen LogP contribution in [-0.4, -0.2) is 37.7 Å². The van der Waals surface area contributed by atoms with Crippen LogP contribution in [0.25, 0.3) is 0 Å². The first kappa shape index (κ1) is 12.9. The van der Waals surface area contributed by atoms with Gasteiger partial charge >= 0.3 is 0 Å². The zero-order valence-electron chi connectivity index (χ0n) is 11.8. The van der Waals surface area contributed by atoms with E-state index in [-0.39, 0.29) is 0 Å². The molecule has 1 aromatic rings. The zero-order valence-corrected chi connectivity index (χ0v) is 11.8. The lowest BCUT2D eigenvalue weighted by Gasteiger charge is -2.32. The SMILES string of the molecule is CC1COc2ccccc2C1NCCN1CCCC1. The molecule has 2 heterocycles. The van der Waals surface area contributed by atoms with Crippen molar-refractivity contribution < 1.29 is 4.74 Å². The molecule has 0 aliphatic carbocycles. The van der Waals surface area contributed by atoms with Gasteiger partial charge in [-0.3, -0.25) is 0 Å². The van der Waals surface area contributed by atoms with Gasteiger partial charge in [-0.05, 0) is 32.0 Å². The van der Waals surface area contributed by atoms with E-state index in [9.17, 15) is 0 Å². The van der Waals surface area contributed by atoms with Crippen molar-refractivity contribution in [3.63, 3.8) is 0 Å². The van der Waals surface area contributed by atoms with Crippen molar-refractivity contribution >= 4 is 0 Å². The highest BCUT2D eigenvalue weighted by molar-refractivity contribution is 5.37. The molecule has 1 fully saturated rings. The van der Waals surface area contributed by atoms with Crippen molar-refractivity contribution in [1.29, 1.82) is 0 Å². The molecule has 3 rings (SSSR count). The standard InChI is InChI=1S/C16H24N2O/c1-13-12-19-15-7-3-2-6-14(15)16(13)17-8-11-18-9-4-5-10-18/h2-3,6-7,13,16-17H,4-5,8-12H2,1H3. The molecule has 3 heteroatoms. The number of rotatable bonds is 4. The van der Waals surface area contributed by atoms with Crippen LogP contribution in [0, 0.1) is 5.92 Å². The molecule has 2 aliphatic rings. The molecule has 0 saturated carbocycles. The molecule has 0 amide bonds.